The van der Waals surface area contributed by atoms with Crippen LogP contribution >= 0.6 is 0 Å². The molecule has 0 saturated carbocycles. The molecule has 6 heteroatoms. The number of hydrogen-bond donors (Lipinski definition) is 0. The molecule has 6 nitrogen and oxygen atoms in total. The van der Waals surface area contributed by atoms with Gasteiger partial charge in [0.05, 0.1) is 19.5 Å². The second kappa shape index (κ2) is 10.7. The molecule has 0 unspecified atom stereocenters. The van der Waals surface area contributed by atoms with Crippen molar-refractivity contribution in [3.05, 3.63) is 40.9 Å². The number of rotatable bonds is 12. The molecular formula is C23H28O6. The van der Waals surface area contributed by atoms with Crippen molar-refractivity contribution in [2.75, 3.05) is 13.2 Å². The van der Waals surface area contributed by atoms with Crippen molar-refractivity contribution in [1.29, 1.82) is 0 Å². The number of esters is 1. The Bertz CT molecular complexity index is 984. The van der Waals surface area contributed by atoms with E-state index < -0.39 is 5.63 Å². The monoisotopic (exact) mass is 400 g/mol. The molecule has 0 N–H and O–H groups in total. The molecule has 0 aliphatic heterocycles. The maximum absolute atomic E-state index is 11.6. The van der Waals surface area contributed by atoms with Gasteiger partial charge in [-0.3, -0.25) is 4.79 Å². The van der Waals surface area contributed by atoms with E-state index >= 15 is 0 Å². The van der Waals surface area contributed by atoms with E-state index in [4.69, 9.17) is 18.3 Å². The molecule has 0 amide bonds. The lowest BCUT2D eigenvalue weighted by atomic mass is 10.1. The third-order valence-electron chi connectivity index (χ3n) is 4.82. The number of carbonyl (C=O) groups is 1. The summed E-state index contributed by atoms with van der Waals surface area (Å²) in [6.07, 6.45) is 8.82. The minimum absolute atomic E-state index is 0.0957. The van der Waals surface area contributed by atoms with E-state index in [-0.39, 0.29) is 5.97 Å². The molecule has 29 heavy (non-hydrogen) atoms. The van der Waals surface area contributed by atoms with Crippen LogP contribution in [0.3, 0.4) is 0 Å². The molecule has 0 spiro atoms. The first-order valence-corrected chi connectivity index (χ1v) is 10.4. The smallest absolute Gasteiger partial charge is 0.336 e. The van der Waals surface area contributed by atoms with Gasteiger partial charge in [0.2, 0.25) is 5.75 Å². The zero-order valence-electron chi connectivity index (χ0n) is 16.9. The third-order valence-corrected chi connectivity index (χ3v) is 4.82. The fourth-order valence-corrected chi connectivity index (χ4v) is 3.25. The molecule has 3 rings (SSSR count). The van der Waals surface area contributed by atoms with Crippen LogP contribution in [0.1, 0.15) is 58.3 Å². The van der Waals surface area contributed by atoms with Crippen molar-refractivity contribution in [1.82, 2.24) is 0 Å². The van der Waals surface area contributed by atoms with Crippen molar-refractivity contribution < 1.29 is 23.1 Å². The summed E-state index contributed by atoms with van der Waals surface area (Å²) < 4.78 is 22.1. The maximum atomic E-state index is 11.6. The summed E-state index contributed by atoms with van der Waals surface area (Å²) in [5, 5.41) is 1.70. The van der Waals surface area contributed by atoms with Crippen LogP contribution in [-0.2, 0) is 9.53 Å². The summed E-state index contributed by atoms with van der Waals surface area (Å²) in [5.41, 5.74) is 0.578. The van der Waals surface area contributed by atoms with E-state index in [9.17, 15) is 9.59 Å². The average Bonchev–Trinajstić information content (AvgIpc) is 3.18. The summed E-state index contributed by atoms with van der Waals surface area (Å²) in [4.78, 5) is 23.2. The Hall–Kier alpha value is -2.76. The van der Waals surface area contributed by atoms with Gasteiger partial charge in [0.1, 0.15) is 0 Å². The Morgan fingerprint density at radius 1 is 0.931 bits per heavy atom. The molecule has 0 aliphatic carbocycles. The molecule has 0 saturated heterocycles. The van der Waals surface area contributed by atoms with Crippen LogP contribution in [-0.4, -0.2) is 19.2 Å². The van der Waals surface area contributed by atoms with Crippen LogP contribution in [0.5, 0.6) is 5.75 Å². The number of carbonyl (C=O) groups excluding carboxylic acids is 1. The summed E-state index contributed by atoms with van der Waals surface area (Å²) in [5.74, 6) is 0.378. The van der Waals surface area contributed by atoms with Crippen molar-refractivity contribution in [2.45, 2.75) is 58.3 Å². The van der Waals surface area contributed by atoms with Crippen molar-refractivity contribution in [3.63, 3.8) is 0 Å². The Balaban J connectivity index is 1.42. The van der Waals surface area contributed by atoms with Crippen LogP contribution < -0.4 is 10.4 Å². The fraction of sp³-hybridized carbons (Fsp3) is 0.478. The summed E-state index contributed by atoms with van der Waals surface area (Å²) in [7, 11) is 0. The largest absolute Gasteiger partial charge is 0.486 e. The highest BCUT2D eigenvalue weighted by Crippen LogP contribution is 2.35. The van der Waals surface area contributed by atoms with Crippen LogP contribution in [0, 0.1) is 0 Å². The van der Waals surface area contributed by atoms with E-state index in [1.807, 2.05) is 12.1 Å². The molecule has 0 radical (unpaired) electrons. The molecule has 0 atom stereocenters. The molecule has 2 aromatic heterocycles. The van der Waals surface area contributed by atoms with Gasteiger partial charge >= 0.3 is 11.6 Å². The first kappa shape index (κ1) is 21.0. The minimum Gasteiger partial charge on any atom is -0.486 e. The lowest BCUT2D eigenvalue weighted by molar-refractivity contribution is -0.143. The number of fused-ring (bicyclic) bond motifs is 2. The van der Waals surface area contributed by atoms with Crippen LogP contribution in [0.25, 0.3) is 21.9 Å². The molecule has 2 heterocycles. The molecule has 156 valence electrons. The average molecular weight is 400 g/mol. The maximum Gasteiger partial charge on any atom is 0.336 e. The highest BCUT2D eigenvalue weighted by molar-refractivity contribution is 5.99. The Morgan fingerprint density at radius 2 is 1.72 bits per heavy atom. The Labute approximate surface area is 169 Å². The van der Waals surface area contributed by atoms with Gasteiger partial charge in [-0.05, 0) is 50.3 Å². The van der Waals surface area contributed by atoms with Gasteiger partial charge < -0.3 is 18.3 Å². The van der Waals surface area contributed by atoms with Crippen LogP contribution in [0.15, 0.2) is 44.2 Å². The summed E-state index contributed by atoms with van der Waals surface area (Å²) in [6, 6.07) is 6.89. The second-order valence-corrected chi connectivity index (χ2v) is 7.16. The first-order valence-electron chi connectivity index (χ1n) is 10.4. The zero-order valence-corrected chi connectivity index (χ0v) is 16.9. The highest BCUT2D eigenvalue weighted by atomic mass is 16.5. The van der Waals surface area contributed by atoms with Gasteiger partial charge in [0.25, 0.3) is 0 Å². The fourth-order valence-electron chi connectivity index (χ4n) is 3.25. The van der Waals surface area contributed by atoms with Gasteiger partial charge in [-0.2, -0.15) is 0 Å². The molecule has 0 aliphatic rings. The highest BCUT2D eigenvalue weighted by Gasteiger charge is 2.14. The van der Waals surface area contributed by atoms with Gasteiger partial charge in [-0.25, -0.2) is 4.79 Å². The molecule has 0 fully saturated rings. The van der Waals surface area contributed by atoms with E-state index in [1.54, 1.807) is 12.3 Å². The van der Waals surface area contributed by atoms with Crippen molar-refractivity contribution in [2.24, 2.45) is 0 Å². The lowest BCUT2D eigenvalue weighted by Gasteiger charge is -2.09. The van der Waals surface area contributed by atoms with E-state index in [1.165, 1.54) is 6.07 Å². The van der Waals surface area contributed by atoms with E-state index in [2.05, 4.69) is 6.92 Å². The van der Waals surface area contributed by atoms with Crippen LogP contribution in [0.4, 0.5) is 0 Å². The van der Waals surface area contributed by atoms with Crippen LogP contribution in [0.2, 0.25) is 0 Å². The molecule has 1 aromatic carbocycles. The van der Waals surface area contributed by atoms with Gasteiger partial charge in [0.15, 0.2) is 11.2 Å². The predicted molar refractivity (Wildman–Crippen MR) is 111 cm³/mol. The topological polar surface area (TPSA) is 78.9 Å². The Kier molecular flexibility index (Phi) is 7.73. The van der Waals surface area contributed by atoms with Crippen molar-refractivity contribution in [3.8, 4) is 5.75 Å². The van der Waals surface area contributed by atoms with Gasteiger partial charge in [-0.15, -0.1) is 0 Å². The minimum atomic E-state index is -0.419. The lowest BCUT2D eigenvalue weighted by Crippen LogP contribution is -2.05. The number of hydrogen-bond acceptors (Lipinski definition) is 6. The molecule has 3 aromatic rings. The number of furan rings is 1. The normalized spacial score (nSPS) is 11.2. The predicted octanol–water partition coefficient (Wildman–Crippen LogP) is 5.60. The summed E-state index contributed by atoms with van der Waals surface area (Å²) >= 11 is 0. The first-order chi connectivity index (χ1) is 14.2. The quantitative estimate of drug-likeness (QED) is 0.224. The second-order valence-electron chi connectivity index (χ2n) is 7.16. The van der Waals surface area contributed by atoms with Gasteiger partial charge in [0, 0.05) is 23.3 Å². The molecule has 0 bridgehead atoms. The van der Waals surface area contributed by atoms with Gasteiger partial charge in [-0.1, -0.05) is 19.8 Å². The zero-order chi connectivity index (χ0) is 20.5. The standard InChI is InChI=1S/C23H28O6/c1-2-3-6-9-19(24)26-13-7-4-5-8-14-27-23-21-18(12-15-28-21)16-17-10-11-20(25)29-22(17)23/h10-12,15-16H,2-9,13-14H2,1H3. The number of benzene rings is 1. The van der Waals surface area contributed by atoms with Crippen molar-refractivity contribution >= 4 is 27.9 Å². The number of ether oxygens (including phenoxy) is 2. The van der Waals surface area contributed by atoms with E-state index in [0.29, 0.717) is 36.6 Å². The molecular weight excluding hydrogens is 372 g/mol. The van der Waals surface area contributed by atoms with E-state index in [0.717, 1.165) is 55.7 Å². The number of unbranched alkanes of at least 4 members (excludes halogenated alkanes) is 5. The third kappa shape index (κ3) is 5.86. The SMILES string of the molecule is CCCCCC(=O)OCCCCCCOc1c2occc2cc2ccc(=O)oc12. The summed E-state index contributed by atoms with van der Waals surface area (Å²) in [6.45, 7) is 3.08. The Morgan fingerprint density at radius 3 is 2.55 bits per heavy atom.